The number of hydrogen-bond acceptors (Lipinski definition) is 1. The Bertz CT molecular complexity index is 205. The van der Waals surface area contributed by atoms with E-state index in [1.165, 1.54) is 19.3 Å². The molecule has 0 aromatic rings. The zero-order valence-electron chi connectivity index (χ0n) is 10.8. The van der Waals surface area contributed by atoms with Crippen LogP contribution < -0.4 is 5.32 Å². The number of unbranched alkanes of at least 4 members (excludes halogenated alkanes) is 1. The van der Waals surface area contributed by atoms with Crippen LogP contribution in [0.1, 0.15) is 52.4 Å². The highest BCUT2D eigenvalue weighted by molar-refractivity contribution is 4.83. The van der Waals surface area contributed by atoms with Crippen LogP contribution in [0.2, 0.25) is 0 Å². The number of alkyl halides is 3. The maximum absolute atomic E-state index is 11.9. The summed E-state index contributed by atoms with van der Waals surface area (Å²) in [4.78, 5) is 0. The fourth-order valence-corrected chi connectivity index (χ4v) is 2.80. The summed E-state index contributed by atoms with van der Waals surface area (Å²) in [6.45, 7) is 5.20. The first-order valence-corrected chi connectivity index (χ1v) is 6.70. The van der Waals surface area contributed by atoms with Gasteiger partial charge in [0.2, 0.25) is 0 Å². The number of nitrogens with one attached hydrogen (secondary N) is 1. The molecule has 1 nitrogen and oxygen atoms in total. The molecule has 0 saturated heterocycles. The Labute approximate surface area is 102 Å². The molecule has 4 heteroatoms. The Morgan fingerprint density at radius 1 is 1.06 bits per heavy atom. The molecule has 1 fully saturated rings. The van der Waals surface area contributed by atoms with E-state index in [0.29, 0.717) is 24.3 Å². The van der Waals surface area contributed by atoms with Gasteiger partial charge in [0.25, 0.3) is 0 Å². The Morgan fingerprint density at radius 2 is 1.65 bits per heavy atom. The van der Waals surface area contributed by atoms with Crippen molar-refractivity contribution in [3.8, 4) is 0 Å². The smallest absolute Gasteiger partial charge is 0.313 e. The molecule has 1 aliphatic rings. The number of halogens is 3. The van der Waals surface area contributed by atoms with Crippen molar-refractivity contribution in [2.75, 3.05) is 6.54 Å². The fraction of sp³-hybridized carbons (Fsp3) is 1.00. The van der Waals surface area contributed by atoms with Crippen molar-refractivity contribution in [3.05, 3.63) is 0 Å². The Morgan fingerprint density at radius 3 is 2.18 bits per heavy atom. The zero-order valence-corrected chi connectivity index (χ0v) is 10.8. The standard InChI is InChI=1S/C13H24F3N/c1-10-6-5-7-11(2)12(10)17-9-4-3-8-13(14,15)16/h10-12,17H,3-9H2,1-2H3. The molecule has 102 valence electrons. The molecule has 0 aromatic carbocycles. The van der Waals surface area contributed by atoms with Gasteiger partial charge in [0.05, 0.1) is 0 Å². The van der Waals surface area contributed by atoms with Crippen LogP contribution in [0.3, 0.4) is 0 Å². The van der Waals surface area contributed by atoms with E-state index in [2.05, 4.69) is 19.2 Å². The minimum absolute atomic E-state index is 0.242. The van der Waals surface area contributed by atoms with Gasteiger partial charge in [-0.1, -0.05) is 20.3 Å². The first kappa shape index (κ1) is 14.8. The Kier molecular flexibility index (Phi) is 5.77. The third-order valence-corrected chi connectivity index (χ3v) is 3.81. The molecule has 1 saturated carbocycles. The SMILES string of the molecule is CC1CCCC(C)C1NCCCCC(F)(F)F. The van der Waals surface area contributed by atoms with Crippen LogP contribution in [-0.4, -0.2) is 18.8 Å². The van der Waals surface area contributed by atoms with Gasteiger partial charge in [0, 0.05) is 12.5 Å². The van der Waals surface area contributed by atoms with Gasteiger partial charge in [0.15, 0.2) is 0 Å². The largest absolute Gasteiger partial charge is 0.389 e. The predicted octanol–water partition coefficient (Wildman–Crippen LogP) is 4.13. The predicted molar refractivity (Wildman–Crippen MR) is 63.9 cm³/mol. The second-order valence-electron chi connectivity index (χ2n) is 5.44. The molecule has 0 aliphatic heterocycles. The van der Waals surface area contributed by atoms with Gasteiger partial charge in [-0.15, -0.1) is 0 Å². The Balaban J connectivity index is 2.13. The van der Waals surface area contributed by atoms with E-state index in [9.17, 15) is 13.2 Å². The van der Waals surface area contributed by atoms with E-state index in [0.717, 1.165) is 6.54 Å². The van der Waals surface area contributed by atoms with Crippen LogP contribution in [-0.2, 0) is 0 Å². The lowest BCUT2D eigenvalue weighted by atomic mass is 9.79. The highest BCUT2D eigenvalue weighted by Crippen LogP contribution is 2.28. The van der Waals surface area contributed by atoms with Gasteiger partial charge in [-0.05, 0) is 44.1 Å². The summed E-state index contributed by atoms with van der Waals surface area (Å²) >= 11 is 0. The first-order valence-electron chi connectivity index (χ1n) is 6.70. The molecule has 17 heavy (non-hydrogen) atoms. The van der Waals surface area contributed by atoms with Crippen LogP contribution in [0.5, 0.6) is 0 Å². The third kappa shape index (κ3) is 5.75. The molecule has 1 N–H and O–H groups in total. The summed E-state index contributed by atoms with van der Waals surface area (Å²) in [5, 5.41) is 3.44. The van der Waals surface area contributed by atoms with E-state index >= 15 is 0 Å². The average molecular weight is 251 g/mol. The molecule has 1 aliphatic carbocycles. The molecule has 0 heterocycles. The van der Waals surface area contributed by atoms with Crippen molar-refractivity contribution < 1.29 is 13.2 Å². The number of rotatable bonds is 5. The van der Waals surface area contributed by atoms with Gasteiger partial charge in [-0.2, -0.15) is 13.2 Å². The topological polar surface area (TPSA) is 12.0 Å². The van der Waals surface area contributed by atoms with Gasteiger partial charge < -0.3 is 5.32 Å². The maximum atomic E-state index is 11.9. The quantitative estimate of drug-likeness (QED) is 0.724. The van der Waals surface area contributed by atoms with E-state index in [1.807, 2.05) is 0 Å². The maximum Gasteiger partial charge on any atom is 0.389 e. The molecule has 0 amide bonds. The normalized spacial score (nSPS) is 30.5. The lowest BCUT2D eigenvalue weighted by molar-refractivity contribution is -0.135. The summed E-state index contributed by atoms with van der Waals surface area (Å²) < 4.78 is 35.8. The monoisotopic (exact) mass is 251 g/mol. The summed E-state index contributed by atoms with van der Waals surface area (Å²) in [5.74, 6) is 1.31. The second-order valence-corrected chi connectivity index (χ2v) is 5.44. The highest BCUT2D eigenvalue weighted by Gasteiger charge is 2.28. The fourth-order valence-electron chi connectivity index (χ4n) is 2.80. The molecule has 0 radical (unpaired) electrons. The van der Waals surface area contributed by atoms with Crippen LogP contribution >= 0.6 is 0 Å². The molecule has 1 rings (SSSR count). The average Bonchev–Trinajstić information content (AvgIpc) is 2.20. The second kappa shape index (κ2) is 6.62. The van der Waals surface area contributed by atoms with Gasteiger partial charge in [-0.25, -0.2) is 0 Å². The van der Waals surface area contributed by atoms with Crippen LogP contribution in [0.4, 0.5) is 13.2 Å². The van der Waals surface area contributed by atoms with Crippen LogP contribution in [0.15, 0.2) is 0 Å². The molecule has 0 bridgehead atoms. The molecular formula is C13H24F3N. The zero-order chi connectivity index (χ0) is 12.9. The Hall–Kier alpha value is -0.250. The van der Waals surface area contributed by atoms with Crippen molar-refractivity contribution in [1.82, 2.24) is 5.32 Å². The van der Waals surface area contributed by atoms with Crippen molar-refractivity contribution in [3.63, 3.8) is 0 Å². The summed E-state index contributed by atoms with van der Waals surface area (Å²) in [6.07, 6.45) is -0.0129. The minimum Gasteiger partial charge on any atom is -0.313 e. The van der Waals surface area contributed by atoms with E-state index < -0.39 is 12.6 Å². The molecule has 2 atom stereocenters. The molecule has 0 aromatic heterocycles. The van der Waals surface area contributed by atoms with Crippen LogP contribution in [0, 0.1) is 11.8 Å². The van der Waals surface area contributed by atoms with Crippen molar-refractivity contribution >= 4 is 0 Å². The third-order valence-electron chi connectivity index (χ3n) is 3.81. The highest BCUT2D eigenvalue weighted by atomic mass is 19.4. The molecular weight excluding hydrogens is 227 g/mol. The van der Waals surface area contributed by atoms with Gasteiger partial charge in [-0.3, -0.25) is 0 Å². The van der Waals surface area contributed by atoms with Crippen molar-refractivity contribution in [2.24, 2.45) is 11.8 Å². The van der Waals surface area contributed by atoms with E-state index in [1.54, 1.807) is 0 Å². The number of hydrogen-bond donors (Lipinski definition) is 1. The first-order chi connectivity index (χ1) is 7.90. The van der Waals surface area contributed by atoms with Crippen LogP contribution in [0.25, 0.3) is 0 Å². The molecule has 2 unspecified atom stereocenters. The minimum atomic E-state index is -3.99. The lowest BCUT2D eigenvalue weighted by Gasteiger charge is -2.35. The van der Waals surface area contributed by atoms with Gasteiger partial charge >= 0.3 is 6.18 Å². The lowest BCUT2D eigenvalue weighted by Crippen LogP contribution is -2.43. The van der Waals surface area contributed by atoms with E-state index in [4.69, 9.17) is 0 Å². The van der Waals surface area contributed by atoms with Crippen molar-refractivity contribution in [1.29, 1.82) is 0 Å². The summed E-state index contributed by atoms with van der Waals surface area (Å²) in [7, 11) is 0. The summed E-state index contributed by atoms with van der Waals surface area (Å²) in [6, 6.07) is 0.495. The van der Waals surface area contributed by atoms with Gasteiger partial charge in [0.1, 0.15) is 0 Å². The van der Waals surface area contributed by atoms with Crippen molar-refractivity contribution in [2.45, 2.75) is 64.6 Å². The summed E-state index contributed by atoms with van der Waals surface area (Å²) in [5.41, 5.74) is 0. The van der Waals surface area contributed by atoms with E-state index in [-0.39, 0.29) is 6.42 Å². The molecule has 0 spiro atoms.